The molecule has 85 valence electrons. The molecule has 0 bridgehead atoms. The molecule has 0 amide bonds. The minimum absolute atomic E-state index is 0.120. The van der Waals surface area contributed by atoms with Gasteiger partial charge in [-0.2, -0.15) is 0 Å². The number of rotatable bonds is 1. The summed E-state index contributed by atoms with van der Waals surface area (Å²) in [6.07, 6.45) is 0. The van der Waals surface area contributed by atoms with Crippen molar-refractivity contribution >= 4 is 29.9 Å². The van der Waals surface area contributed by atoms with E-state index in [1.165, 1.54) is 6.07 Å². The molecule has 0 spiro atoms. The van der Waals surface area contributed by atoms with Crippen LogP contribution >= 0.6 is 0 Å². The molecule has 0 unspecified atom stereocenters. The van der Waals surface area contributed by atoms with Crippen molar-refractivity contribution in [3.8, 4) is 0 Å². The zero-order valence-corrected chi connectivity index (χ0v) is 11.3. The quantitative estimate of drug-likeness (QED) is 0.711. The summed E-state index contributed by atoms with van der Waals surface area (Å²) in [6.45, 7) is 5.95. The standard InChI is InChI=1S/C11H14AsNO3/c1-7-11(2,3)9-6-8(12(14,15)16)4-5-10(9)13-7/h4-6H,1-3H3,(H2,14,15,16)/q+1. The molecule has 1 aliphatic heterocycles. The number of benzene rings is 1. The van der Waals surface area contributed by atoms with Crippen LogP contribution in [0.2, 0.25) is 0 Å². The fraction of sp³-hybridized carbons (Fsp3) is 0.364. The van der Waals surface area contributed by atoms with E-state index < -0.39 is 14.2 Å². The summed E-state index contributed by atoms with van der Waals surface area (Å²) in [6, 6.07) is 4.75. The molecule has 1 aromatic rings. The van der Waals surface area contributed by atoms with Crippen molar-refractivity contribution in [2.24, 2.45) is 0 Å². The van der Waals surface area contributed by atoms with E-state index >= 15 is 0 Å². The van der Waals surface area contributed by atoms with E-state index in [1.807, 2.05) is 20.8 Å². The van der Waals surface area contributed by atoms with Crippen LogP contribution in [-0.4, -0.2) is 28.1 Å². The van der Waals surface area contributed by atoms with E-state index in [4.69, 9.17) is 0 Å². The summed E-state index contributed by atoms with van der Waals surface area (Å²) in [4.78, 5) is 4.40. The van der Waals surface area contributed by atoms with Crippen LogP contribution in [0.4, 0.5) is 5.69 Å². The third kappa shape index (κ3) is 1.67. The van der Waals surface area contributed by atoms with Gasteiger partial charge in [-0.05, 0) is 0 Å². The van der Waals surface area contributed by atoms with Gasteiger partial charge >= 0.3 is 96.8 Å². The van der Waals surface area contributed by atoms with Gasteiger partial charge in [0.2, 0.25) is 0 Å². The average Bonchev–Trinajstić information content (AvgIpc) is 2.37. The van der Waals surface area contributed by atoms with Crippen molar-refractivity contribution < 1.29 is 11.9 Å². The first-order valence-electron chi connectivity index (χ1n) is 4.99. The predicted octanol–water partition coefficient (Wildman–Crippen LogP) is -0.0330. The van der Waals surface area contributed by atoms with Crippen LogP contribution in [0.15, 0.2) is 18.2 Å². The van der Waals surface area contributed by atoms with Crippen LogP contribution in [0.5, 0.6) is 0 Å². The Hall–Kier alpha value is -0.832. The number of aliphatic imine (C=N–C) groups is 1. The van der Waals surface area contributed by atoms with Gasteiger partial charge in [-0.1, -0.05) is 0 Å². The topological polar surface area (TPSA) is 71.6 Å². The van der Waals surface area contributed by atoms with Crippen molar-refractivity contribution in [3.05, 3.63) is 23.8 Å². The number of fused-ring (bicyclic) bond motifs is 1. The first kappa shape index (κ1) is 11.6. The summed E-state index contributed by atoms with van der Waals surface area (Å²) < 4.78 is 29.7. The first-order valence-corrected chi connectivity index (χ1v) is 8.37. The minimum atomic E-state index is -4.80. The van der Waals surface area contributed by atoms with Crippen molar-refractivity contribution in [3.63, 3.8) is 0 Å². The Bertz CT molecular complexity index is 528. The maximum absolute atomic E-state index is 11.2. The Morgan fingerprint density at radius 3 is 2.50 bits per heavy atom. The van der Waals surface area contributed by atoms with Gasteiger partial charge < -0.3 is 0 Å². The molecular formula is C11H14AsNO3+. The Kier molecular flexibility index (Phi) is 2.42. The van der Waals surface area contributed by atoms with Gasteiger partial charge in [0.15, 0.2) is 0 Å². The molecule has 2 rings (SSSR count). The molecule has 0 aromatic heterocycles. The summed E-state index contributed by atoms with van der Waals surface area (Å²) >= 11 is -4.80. The van der Waals surface area contributed by atoms with Crippen LogP contribution in [0.3, 0.4) is 0 Å². The number of hydrogen-bond acceptors (Lipinski definition) is 2. The molecule has 1 heterocycles. The SMILES string of the molecule is CC1=[N+]c2ccc([As](=O)(O)O)cc2C1(C)C. The fourth-order valence-electron chi connectivity index (χ4n) is 1.82. The van der Waals surface area contributed by atoms with Crippen molar-refractivity contribution in [1.29, 1.82) is 0 Å². The van der Waals surface area contributed by atoms with Gasteiger partial charge in [-0.15, -0.1) is 0 Å². The predicted molar refractivity (Wildman–Crippen MR) is 62.5 cm³/mol. The van der Waals surface area contributed by atoms with E-state index in [9.17, 15) is 11.9 Å². The zero-order valence-electron chi connectivity index (χ0n) is 9.43. The van der Waals surface area contributed by atoms with Crippen LogP contribution in [0.25, 0.3) is 0 Å². The molecule has 16 heavy (non-hydrogen) atoms. The van der Waals surface area contributed by atoms with Gasteiger partial charge in [-0.3, -0.25) is 0 Å². The third-order valence-corrected chi connectivity index (χ3v) is 5.18. The van der Waals surface area contributed by atoms with Gasteiger partial charge in [0.1, 0.15) is 0 Å². The summed E-state index contributed by atoms with van der Waals surface area (Å²) in [7, 11) is 0. The van der Waals surface area contributed by atoms with Gasteiger partial charge in [-0.25, -0.2) is 0 Å². The summed E-state index contributed by atoms with van der Waals surface area (Å²) in [5.41, 5.74) is 2.44. The average molecular weight is 283 g/mol. The third-order valence-electron chi connectivity index (χ3n) is 3.18. The van der Waals surface area contributed by atoms with Gasteiger partial charge in [0.05, 0.1) is 0 Å². The van der Waals surface area contributed by atoms with Gasteiger partial charge in [0.25, 0.3) is 0 Å². The van der Waals surface area contributed by atoms with Gasteiger partial charge in [0, 0.05) is 0 Å². The molecule has 5 heteroatoms. The normalized spacial score (nSPS) is 18.2. The summed E-state index contributed by atoms with van der Waals surface area (Å²) in [5.74, 6) is 0. The van der Waals surface area contributed by atoms with Crippen LogP contribution < -0.4 is 9.34 Å². The van der Waals surface area contributed by atoms with E-state index in [-0.39, 0.29) is 9.77 Å². The first-order chi connectivity index (χ1) is 7.23. The van der Waals surface area contributed by atoms with Crippen molar-refractivity contribution in [2.75, 3.05) is 0 Å². The van der Waals surface area contributed by atoms with Crippen molar-refractivity contribution in [2.45, 2.75) is 26.2 Å². The van der Waals surface area contributed by atoms with Crippen molar-refractivity contribution in [1.82, 2.24) is 4.99 Å². The van der Waals surface area contributed by atoms with Crippen LogP contribution in [-0.2, 0) is 9.15 Å². The molecular weight excluding hydrogens is 269 g/mol. The Balaban J connectivity index is 2.61. The summed E-state index contributed by atoms with van der Waals surface area (Å²) in [5, 5.41) is 0. The van der Waals surface area contributed by atoms with E-state index in [0.29, 0.717) is 0 Å². The number of hydrogen-bond donors (Lipinski definition) is 2. The molecule has 0 fully saturated rings. The second-order valence-corrected chi connectivity index (χ2v) is 7.93. The molecule has 1 aliphatic rings. The molecule has 0 saturated heterocycles. The zero-order chi connectivity index (χ0) is 12.1. The van der Waals surface area contributed by atoms with E-state index in [2.05, 4.69) is 4.99 Å². The van der Waals surface area contributed by atoms with Crippen LogP contribution in [0, 0.1) is 0 Å². The molecule has 4 nitrogen and oxygen atoms in total. The molecule has 0 atom stereocenters. The Morgan fingerprint density at radius 1 is 1.31 bits per heavy atom. The maximum atomic E-state index is 11.2. The monoisotopic (exact) mass is 283 g/mol. The number of nitrogens with zero attached hydrogens (tertiary/aromatic N) is 1. The molecule has 1 aromatic carbocycles. The second kappa shape index (κ2) is 3.33. The Labute approximate surface area is 97.0 Å². The van der Waals surface area contributed by atoms with E-state index in [1.54, 1.807) is 12.1 Å². The molecule has 0 saturated carbocycles. The Morgan fingerprint density at radius 2 is 1.94 bits per heavy atom. The molecule has 0 aliphatic carbocycles. The fourth-order valence-corrected chi connectivity index (χ4v) is 3.01. The van der Waals surface area contributed by atoms with E-state index in [0.717, 1.165) is 17.0 Å². The van der Waals surface area contributed by atoms with Crippen LogP contribution in [0.1, 0.15) is 26.3 Å². The second-order valence-electron chi connectivity index (χ2n) is 4.57. The molecule has 1 radical (unpaired) electrons. The molecule has 2 N–H and O–H groups in total.